The normalized spacial score (nSPS) is 11.4. The van der Waals surface area contributed by atoms with E-state index in [4.69, 9.17) is 4.74 Å². The standard InChI is InChI=1S/C34H44N6O3/c1-5-18-38(19-6-2)23-28-10-8-27(9-11-28)22-31(41)30-14-12-29(13-15-30)24-39(25-32-35-16-20-37(32)4)26-33-36-17-21-40(33)34(42)43-7-3/h8-17,20-21H,5-7,18-19,22-26H2,1-4H3. The minimum atomic E-state index is -0.445. The highest BCUT2D eigenvalue weighted by Crippen LogP contribution is 2.16. The second-order valence-corrected chi connectivity index (χ2v) is 10.9. The Kier molecular flexibility index (Phi) is 11.8. The van der Waals surface area contributed by atoms with Gasteiger partial charge in [-0.15, -0.1) is 0 Å². The lowest BCUT2D eigenvalue weighted by molar-refractivity contribution is 0.0993. The third kappa shape index (κ3) is 9.20. The summed E-state index contributed by atoms with van der Waals surface area (Å²) in [4.78, 5) is 39.1. The van der Waals surface area contributed by atoms with E-state index in [1.165, 1.54) is 10.1 Å². The molecule has 0 fully saturated rings. The van der Waals surface area contributed by atoms with Crippen LogP contribution in [0, 0.1) is 0 Å². The van der Waals surface area contributed by atoms with Gasteiger partial charge in [0.25, 0.3) is 0 Å². The lowest BCUT2D eigenvalue weighted by Gasteiger charge is -2.22. The summed E-state index contributed by atoms with van der Waals surface area (Å²) in [6.45, 7) is 11.2. The molecule has 0 aliphatic carbocycles. The van der Waals surface area contributed by atoms with Gasteiger partial charge in [0.1, 0.15) is 11.6 Å². The summed E-state index contributed by atoms with van der Waals surface area (Å²) in [5.74, 6) is 1.59. The zero-order valence-electron chi connectivity index (χ0n) is 25.9. The van der Waals surface area contributed by atoms with Gasteiger partial charge in [-0.2, -0.15) is 0 Å². The monoisotopic (exact) mass is 584 g/mol. The molecule has 0 spiro atoms. The fourth-order valence-corrected chi connectivity index (χ4v) is 5.19. The Morgan fingerprint density at radius 2 is 1.28 bits per heavy atom. The molecule has 0 aliphatic rings. The molecule has 2 aromatic heterocycles. The molecule has 9 nitrogen and oxygen atoms in total. The number of ether oxygens (including phenoxy) is 1. The Bertz CT molecular complexity index is 1440. The van der Waals surface area contributed by atoms with Crippen molar-refractivity contribution in [1.82, 2.24) is 28.9 Å². The zero-order valence-corrected chi connectivity index (χ0v) is 25.9. The minimum absolute atomic E-state index is 0.0965. The number of nitrogens with zero attached hydrogens (tertiary/aromatic N) is 6. The smallest absolute Gasteiger partial charge is 0.419 e. The van der Waals surface area contributed by atoms with Crippen LogP contribution in [0.3, 0.4) is 0 Å². The Labute approximate surface area is 255 Å². The van der Waals surface area contributed by atoms with E-state index in [0.717, 1.165) is 49.4 Å². The number of ketones is 1. The summed E-state index contributed by atoms with van der Waals surface area (Å²) < 4.78 is 8.60. The van der Waals surface area contributed by atoms with Crippen molar-refractivity contribution in [2.75, 3.05) is 19.7 Å². The fraction of sp³-hybridized carbons (Fsp3) is 0.412. The Hall–Kier alpha value is -4.08. The molecular formula is C34H44N6O3. The lowest BCUT2D eigenvalue weighted by atomic mass is 10.0. The largest absolute Gasteiger partial charge is 0.449 e. The van der Waals surface area contributed by atoms with Gasteiger partial charge in [0.15, 0.2) is 5.78 Å². The van der Waals surface area contributed by atoms with Gasteiger partial charge < -0.3 is 9.30 Å². The SMILES string of the molecule is CCCN(CCC)Cc1ccc(CC(=O)c2ccc(CN(Cc3nccn3C)Cc3nccn3C(=O)OCC)cc2)cc1. The number of carbonyl (C=O) groups is 2. The molecule has 2 aromatic carbocycles. The molecule has 9 heteroatoms. The highest BCUT2D eigenvalue weighted by Gasteiger charge is 2.18. The first-order valence-corrected chi connectivity index (χ1v) is 15.2. The van der Waals surface area contributed by atoms with Gasteiger partial charge in [0.05, 0.1) is 19.7 Å². The third-order valence-corrected chi connectivity index (χ3v) is 7.39. The first kappa shape index (κ1) is 31.8. The Morgan fingerprint density at radius 3 is 1.88 bits per heavy atom. The molecule has 0 bridgehead atoms. The molecule has 0 atom stereocenters. The van der Waals surface area contributed by atoms with Crippen molar-refractivity contribution in [1.29, 1.82) is 0 Å². The summed E-state index contributed by atoms with van der Waals surface area (Å²) >= 11 is 0. The molecule has 0 saturated carbocycles. The summed E-state index contributed by atoms with van der Waals surface area (Å²) in [5.41, 5.74) is 4.04. The van der Waals surface area contributed by atoms with Crippen LogP contribution in [-0.2, 0) is 44.4 Å². The van der Waals surface area contributed by atoms with Crippen LogP contribution in [0.4, 0.5) is 4.79 Å². The highest BCUT2D eigenvalue weighted by atomic mass is 16.5. The molecule has 4 aromatic rings. The van der Waals surface area contributed by atoms with E-state index in [1.54, 1.807) is 25.5 Å². The van der Waals surface area contributed by atoms with Crippen LogP contribution in [0.1, 0.15) is 72.3 Å². The van der Waals surface area contributed by atoms with Gasteiger partial charge in [-0.3, -0.25) is 14.6 Å². The van der Waals surface area contributed by atoms with Crippen LogP contribution in [0.2, 0.25) is 0 Å². The Balaban J connectivity index is 1.40. The second-order valence-electron chi connectivity index (χ2n) is 10.9. The van der Waals surface area contributed by atoms with Crippen LogP contribution in [0.5, 0.6) is 0 Å². The number of rotatable bonds is 16. The highest BCUT2D eigenvalue weighted by molar-refractivity contribution is 5.97. The van der Waals surface area contributed by atoms with Crippen molar-refractivity contribution >= 4 is 11.9 Å². The number of benzene rings is 2. The first-order valence-electron chi connectivity index (χ1n) is 15.2. The van der Waals surface area contributed by atoms with Gasteiger partial charge in [-0.05, 0) is 49.5 Å². The van der Waals surface area contributed by atoms with Gasteiger partial charge in [-0.1, -0.05) is 62.4 Å². The molecule has 0 aliphatic heterocycles. The lowest BCUT2D eigenvalue weighted by Crippen LogP contribution is -2.27. The van der Waals surface area contributed by atoms with E-state index in [1.807, 2.05) is 42.1 Å². The summed E-state index contributed by atoms with van der Waals surface area (Å²) in [7, 11) is 1.96. The van der Waals surface area contributed by atoms with Gasteiger partial charge in [-0.25, -0.2) is 19.3 Å². The van der Waals surface area contributed by atoms with E-state index in [9.17, 15) is 9.59 Å². The average molecular weight is 585 g/mol. The van der Waals surface area contributed by atoms with Gasteiger partial charge in [0, 0.05) is 56.9 Å². The average Bonchev–Trinajstić information content (AvgIpc) is 3.63. The van der Waals surface area contributed by atoms with Crippen molar-refractivity contribution in [3.63, 3.8) is 0 Å². The van der Waals surface area contributed by atoms with Gasteiger partial charge in [0.2, 0.25) is 0 Å². The molecule has 43 heavy (non-hydrogen) atoms. The molecule has 0 unspecified atom stereocenters. The predicted octanol–water partition coefficient (Wildman–Crippen LogP) is 5.87. The predicted molar refractivity (Wildman–Crippen MR) is 168 cm³/mol. The number of carbonyl (C=O) groups excluding carboxylic acids is 2. The minimum Gasteiger partial charge on any atom is -0.449 e. The second kappa shape index (κ2) is 16.0. The number of Topliss-reactive ketones (excluding diaryl/α,β-unsaturated/α-hetero) is 1. The van der Waals surface area contributed by atoms with E-state index in [2.05, 4.69) is 57.9 Å². The van der Waals surface area contributed by atoms with Crippen LogP contribution in [0.15, 0.2) is 73.3 Å². The molecule has 4 rings (SSSR count). The van der Waals surface area contributed by atoms with E-state index in [0.29, 0.717) is 44.0 Å². The molecule has 2 heterocycles. The molecule has 0 saturated heterocycles. The number of hydrogen-bond donors (Lipinski definition) is 0. The summed E-state index contributed by atoms with van der Waals surface area (Å²) in [6, 6.07) is 16.2. The summed E-state index contributed by atoms with van der Waals surface area (Å²) in [6.07, 6.45) is 9.13. The topological polar surface area (TPSA) is 85.5 Å². The van der Waals surface area contributed by atoms with Crippen molar-refractivity contribution in [3.05, 3.63) is 107 Å². The number of aromatic nitrogens is 4. The molecule has 228 valence electrons. The van der Waals surface area contributed by atoms with Crippen molar-refractivity contribution in [2.24, 2.45) is 7.05 Å². The summed E-state index contributed by atoms with van der Waals surface area (Å²) in [5, 5.41) is 0. The number of hydrogen-bond acceptors (Lipinski definition) is 7. The van der Waals surface area contributed by atoms with Crippen LogP contribution >= 0.6 is 0 Å². The molecule has 0 N–H and O–H groups in total. The van der Waals surface area contributed by atoms with Crippen LogP contribution < -0.4 is 0 Å². The van der Waals surface area contributed by atoms with Crippen LogP contribution in [-0.4, -0.2) is 60.5 Å². The van der Waals surface area contributed by atoms with Crippen molar-refractivity contribution in [3.8, 4) is 0 Å². The molecule has 0 radical (unpaired) electrons. The number of imidazole rings is 2. The van der Waals surface area contributed by atoms with Crippen molar-refractivity contribution < 1.29 is 14.3 Å². The zero-order chi connectivity index (χ0) is 30.6. The first-order chi connectivity index (χ1) is 20.9. The van der Waals surface area contributed by atoms with Crippen molar-refractivity contribution in [2.45, 2.75) is 66.2 Å². The fourth-order valence-electron chi connectivity index (χ4n) is 5.19. The molecular weight excluding hydrogens is 540 g/mol. The molecule has 0 amide bonds. The van der Waals surface area contributed by atoms with Crippen LogP contribution in [0.25, 0.3) is 0 Å². The Morgan fingerprint density at radius 1 is 0.721 bits per heavy atom. The number of aryl methyl sites for hydroxylation is 1. The van der Waals surface area contributed by atoms with E-state index < -0.39 is 6.09 Å². The maximum absolute atomic E-state index is 13.1. The van der Waals surface area contributed by atoms with E-state index >= 15 is 0 Å². The van der Waals surface area contributed by atoms with E-state index in [-0.39, 0.29) is 5.78 Å². The third-order valence-electron chi connectivity index (χ3n) is 7.39. The quantitative estimate of drug-likeness (QED) is 0.152. The maximum Gasteiger partial charge on any atom is 0.419 e. The maximum atomic E-state index is 13.1. The van der Waals surface area contributed by atoms with Gasteiger partial charge >= 0.3 is 6.09 Å².